The first kappa shape index (κ1) is 19.9. The SMILES string of the molecule is CN(C)C(=O)NC1CCC(C(=O)N(C)c2ccc(-c3nc4ccccc4o3)cc2)C1. The molecule has 1 N–H and O–H groups in total. The summed E-state index contributed by atoms with van der Waals surface area (Å²) in [5.74, 6) is 0.553. The molecule has 1 aromatic heterocycles. The van der Waals surface area contributed by atoms with Gasteiger partial charge in [0.15, 0.2) is 5.58 Å². The van der Waals surface area contributed by atoms with E-state index >= 15 is 0 Å². The van der Waals surface area contributed by atoms with Gasteiger partial charge < -0.3 is 19.5 Å². The minimum Gasteiger partial charge on any atom is -0.436 e. The van der Waals surface area contributed by atoms with Crippen LogP contribution in [-0.2, 0) is 4.79 Å². The molecular weight excluding hydrogens is 380 g/mol. The number of oxazole rings is 1. The Balaban J connectivity index is 1.41. The summed E-state index contributed by atoms with van der Waals surface area (Å²) in [7, 11) is 5.22. The molecule has 1 aliphatic carbocycles. The van der Waals surface area contributed by atoms with E-state index in [1.807, 2.05) is 48.5 Å². The number of amides is 3. The molecular formula is C23H26N4O3. The second-order valence-electron chi connectivity index (χ2n) is 7.98. The summed E-state index contributed by atoms with van der Waals surface area (Å²) in [5, 5.41) is 2.98. The highest BCUT2D eigenvalue weighted by Gasteiger charge is 2.33. The van der Waals surface area contributed by atoms with Crippen molar-refractivity contribution < 1.29 is 14.0 Å². The third kappa shape index (κ3) is 4.01. The van der Waals surface area contributed by atoms with Crippen LogP contribution in [0.2, 0.25) is 0 Å². The fraction of sp³-hybridized carbons (Fsp3) is 0.348. The molecule has 0 radical (unpaired) electrons. The van der Waals surface area contributed by atoms with Gasteiger partial charge >= 0.3 is 6.03 Å². The maximum absolute atomic E-state index is 13.0. The van der Waals surface area contributed by atoms with Crippen LogP contribution in [-0.4, -0.2) is 49.0 Å². The average Bonchev–Trinajstić information content (AvgIpc) is 3.39. The first-order valence-corrected chi connectivity index (χ1v) is 10.1. The molecule has 4 rings (SSSR count). The lowest BCUT2D eigenvalue weighted by atomic mass is 10.1. The number of rotatable bonds is 4. The molecule has 2 atom stereocenters. The summed E-state index contributed by atoms with van der Waals surface area (Å²) < 4.78 is 5.81. The Morgan fingerprint density at radius 2 is 1.77 bits per heavy atom. The van der Waals surface area contributed by atoms with Crippen LogP contribution in [0, 0.1) is 5.92 Å². The number of urea groups is 1. The Morgan fingerprint density at radius 1 is 1.03 bits per heavy atom. The molecule has 1 saturated carbocycles. The number of benzene rings is 2. The van der Waals surface area contributed by atoms with Crippen LogP contribution in [0.5, 0.6) is 0 Å². The molecule has 1 aliphatic rings. The molecule has 1 fully saturated rings. The number of hydrogen-bond donors (Lipinski definition) is 1. The van der Waals surface area contributed by atoms with E-state index < -0.39 is 0 Å². The van der Waals surface area contributed by atoms with Crippen LogP contribution < -0.4 is 10.2 Å². The maximum Gasteiger partial charge on any atom is 0.317 e. The number of para-hydroxylation sites is 2. The summed E-state index contributed by atoms with van der Waals surface area (Å²) >= 11 is 0. The van der Waals surface area contributed by atoms with Crippen LogP contribution in [0.4, 0.5) is 10.5 Å². The second-order valence-corrected chi connectivity index (χ2v) is 7.98. The minimum absolute atomic E-state index is 0.0452. The Hall–Kier alpha value is -3.35. The van der Waals surface area contributed by atoms with Crippen LogP contribution >= 0.6 is 0 Å². The van der Waals surface area contributed by atoms with E-state index in [2.05, 4.69) is 10.3 Å². The molecule has 3 amide bonds. The molecule has 2 unspecified atom stereocenters. The normalized spacial score (nSPS) is 18.4. The van der Waals surface area contributed by atoms with Crippen molar-refractivity contribution in [3.63, 3.8) is 0 Å². The number of nitrogens with one attached hydrogen (secondary N) is 1. The van der Waals surface area contributed by atoms with Crippen molar-refractivity contribution in [2.24, 2.45) is 5.92 Å². The van der Waals surface area contributed by atoms with Gasteiger partial charge in [0.1, 0.15) is 5.52 Å². The Labute approximate surface area is 175 Å². The van der Waals surface area contributed by atoms with E-state index in [1.54, 1.807) is 26.0 Å². The van der Waals surface area contributed by atoms with Gasteiger partial charge in [-0.3, -0.25) is 4.79 Å². The van der Waals surface area contributed by atoms with Gasteiger partial charge in [-0.25, -0.2) is 9.78 Å². The minimum atomic E-state index is -0.115. The number of carbonyl (C=O) groups excluding carboxylic acids is 2. The van der Waals surface area contributed by atoms with E-state index in [4.69, 9.17) is 4.42 Å². The zero-order valence-electron chi connectivity index (χ0n) is 17.5. The average molecular weight is 406 g/mol. The lowest BCUT2D eigenvalue weighted by Gasteiger charge is -2.22. The first-order valence-electron chi connectivity index (χ1n) is 10.1. The smallest absolute Gasteiger partial charge is 0.317 e. The number of aromatic nitrogens is 1. The molecule has 0 bridgehead atoms. The molecule has 0 spiro atoms. The van der Waals surface area contributed by atoms with Crippen molar-refractivity contribution in [2.75, 3.05) is 26.0 Å². The second kappa shape index (κ2) is 8.18. The monoisotopic (exact) mass is 406 g/mol. The molecule has 2 aromatic carbocycles. The van der Waals surface area contributed by atoms with Gasteiger partial charge in [-0.1, -0.05) is 12.1 Å². The van der Waals surface area contributed by atoms with Crippen LogP contribution in [0.15, 0.2) is 52.9 Å². The van der Waals surface area contributed by atoms with Crippen molar-refractivity contribution in [1.29, 1.82) is 0 Å². The van der Waals surface area contributed by atoms with Gasteiger partial charge in [-0.2, -0.15) is 0 Å². The van der Waals surface area contributed by atoms with E-state index in [1.165, 1.54) is 4.90 Å². The molecule has 3 aromatic rings. The Morgan fingerprint density at radius 3 is 2.47 bits per heavy atom. The highest BCUT2D eigenvalue weighted by molar-refractivity contribution is 5.95. The van der Waals surface area contributed by atoms with Gasteiger partial charge in [0.2, 0.25) is 11.8 Å². The van der Waals surface area contributed by atoms with E-state index in [0.717, 1.165) is 35.2 Å². The van der Waals surface area contributed by atoms with Gasteiger partial charge in [-0.15, -0.1) is 0 Å². The van der Waals surface area contributed by atoms with E-state index in [0.29, 0.717) is 12.3 Å². The summed E-state index contributed by atoms with van der Waals surface area (Å²) in [6.45, 7) is 0. The maximum atomic E-state index is 13.0. The summed E-state index contributed by atoms with van der Waals surface area (Å²) in [6, 6.07) is 15.2. The number of hydrogen-bond acceptors (Lipinski definition) is 4. The Bertz CT molecular complexity index is 1020. The molecule has 156 valence electrons. The number of carbonyl (C=O) groups is 2. The summed E-state index contributed by atoms with van der Waals surface area (Å²) in [6.07, 6.45) is 2.27. The molecule has 7 nitrogen and oxygen atoms in total. The molecule has 0 aliphatic heterocycles. The third-order valence-corrected chi connectivity index (χ3v) is 5.64. The fourth-order valence-electron chi connectivity index (χ4n) is 3.87. The van der Waals surface area contributed by atoms with Crippen molar-refractivity contribution in [2.45, 2.75) is 25.3 Å². The number of anilines is 1. The zero-order valence-corrected chi connectivity index (χ0v) is 17.5. The highest BCUT2D eigenvalue weighted by atomic mass is 16.3. The van der Waals surface area contributed by atoms with Crippen LogP contribution in [0.3, 0.4) is 0 Å². The lowest BCUT2D eigenvalue weighted by Crippen LogP contribution is -2.41. The quantitative estimate of drug-likeness (QED) is 0.713. The molecule has 7 heteroatoms. The van der Waals surface area contributed by atoms with E-state index in [9.17, 15) is 9.59 Å². The standard InChI is InChI=1S/C23H26N4O3/c1-26(2)23(29)24-17-11-8-16(14-17)22(28)27(3)18-12-9-15(10-13-18)21-25-19-6-4-5-7-20(19)30-21/h4-7,9-10,12-13,16-17H,8,11,14H2,1-3H3,(H,24,29). The Kier molecular flexibility index (Phi) is 5.44. The van der Waals surface area contributed by atoms with E-state index in [-0.39, 0.29) is 23.9 Å². The topological polar surface area (TPSA) is 78.7 Å². The number of nitrogens with zero attached hydrogens (tertiary/aromatic N) is 3. The number of fused-ring (bicyclic) bond motifs is 1. The summed E-state index contributed by atoms with van der Waals surface area (Å²) in [5.41, 5.74) is 3.26. The van der Waals surface area contributed by atoms with Crippen molar-refractivity contribution in [1.82, 2.24) is 15.2 Å². The van der Waals surface area contributed by atoms with Crippen LogP contribution in [0.1, 0.15) is 19.3 Å². The third-order valence-electron chi connectivity index (χ3n) is 5.64. The zero-order chi connectivity index (χ0) is 21.3. The van der Waals surface area contributed by atoms with Crippen molar-refractivity contribution >= 4 is 28.7 Å². The predicted molar refractivity (Wildman–Crippen MR) is 116 cm³/mol. The highest BCUT2D eigenvalue weighted by Crippen LogP contribution is 2.30. The first-order chi connectivity index (χ1) is 14.4. The van der Waals surface area contributed by atoms with Gasteiger partial charge in [-0.05, 0) is 55.7 Å². The van der Waals surface area contributed by atoms with Gasteiger partial charge in [0.05, 0.1) is 0 Å². The molecule has 30 heavy (non-hydrogen) atoms. The largest absolute Gasteiger partial charge is 0.436 e. The summed E-state index contributed by atoms with van der Waals surface area (Å²) in [4.78, 5) is 32.5. The molecule has 1 heterocycles. The van der Waals surface area contributed by atoms with Crippen molar-refractivity contribution in [3.05, 3.63) is 48.5 Å². The molecule has 0 saturated heterocycles. The predicted octanol–water partition coefficient (Wildman–Crippen LogP) is 3.90. The fourth-order valence-corrected chi connectivity index (χ4v) is 3.87. The van der Waals surface area contributed by atoms with Crippen LogP contribution in [0.25, 0.3) is 22.6 Å². The lowest BCUT2D eigenvalue weighted by molar-refractivity contribution is -0.121. The van der Waals surface area contributed by atoms with Crippen molar-refractivity contribution in [3.8, 4) is 11.5 Å². The van der Waals surface area contributed by atoms with Gasteiger partial charge in [0.25, 0.3) is 0 Å². The van der Waals surface area contributed by atoms with Gasteiger partial charge in [0, 0.05) is 44.4 Å².